The number of hydrogen-bond acceptors (Lipinski definition) is 14. The summed E-state index contributed by atoms with van der Waals surface area (Å²) in [4.78, 5) is 176. The first-order valence-electron chi connectivity index (χ1n) is 29.1. The van der Waals surface area contributed by atoms with E-state index < -0.39 is 146 Å². The number of alkyl carbamates (subject to hydrolysis) is 2. The second-order valence-electron chi connectivity index (χ2n) is 22.2. The molecule has 0 aromatic heterocycles. The minimum absolute atomic E-state index is 0.0785. The average Bonchev–Trinajstić information content (AvgIpc) is 2.77. The first-order valence-corrected chi connectivity index (χ1v) is 29.1. The van der Waals surface area contributed by atoms with Crippen molar-refractivity contribution >= 4 is 71.3 Å². The predicted molar refractivity (Wildman–Crippen MR) is 301 cm³/mol. The maximum Gasteiger partial charge on any atom is 0.408 e. The van der Waals surface area contributed by atoms with E-state index in [-0.39, 0.29) is 65.1 Å². The maximum absolute atomic E-state index is 14.8. The van der Waals surface area contributed by atoms with Crippen molar-refractivity contribution in [2.75, 3.05) is 66.5 Å². The van der Waals surface area contributed by atoms with Gasteiger partial charge in [0, 0.05) is 40.3 Å². The molecule has 5 saturated heterocycles. The molecule has 5 fully saturated rings. The van der Waals surface area contributed by atoms with Crippen LogP contribution in [0.15, 0.2) is 60.7 Å². The Balaban J connectivity index is 1.14. The number of nitrogens with one attached hydrogen (secondary N) is 6. The molecule has 456 valence electrons. The van der Waals surface area contributed by atoms with Crippen LogP contribution in [-0.4, -0.2) is 215 Å². The lowest BCUT2D eigenvalue weighted by Crippen LogP contribution is -2.64. The van der Waals surface area contributed by atoms with Crippen LogP contribution in [-0.2, 0) is 70.6 Å². The summed E-state index contributed by atoms with van der Waals surface area (Å²) < 4.78 is 11.0. The van der Waals surface area contributed by atoms with Crippen molar-refractivity contribution in [3.05, 3.63) is 71.8 Å². The molecule has 5 aliphatic rings. The Bertz CT molecular complexity index is 2540. The Hall–Kier alpha value is -8.32. The summed E-state index contributed by atoms with van der Waals surface area (Å²) in [5, 5.41) is 16.1. The van der Waals surface area contributed by atoms with Gasteiger partial charge in [0.2, 0.25) is 59.1 Å². The van der Waals surface area contributed by atoms with Gasteiger partial charge in [-0.15, -0.1) is 0 Å². The van der Waals surface area contributed by atoms with Crippen LogP contribution in [0.1, 0.15) is 102 Å². The van der Waals surface area contributed by atoms with Crippen molar-refractivity contribution in [1.29, 1.82) is 0 Å². The van der Waals surface area contributed by atoms with E-state index in [0.717, 1.165) is 9.80 Å². The molecule has 0 spiro atoms. The van der Waals surface area contributed by atoms with E-state index in [1.54, 1.807) is 60.7 Å². The highest BCUT2D eigenvalue weighted by Crippen LogP contribution is 2.24. The highest BCUT2D eigenvalue weighted by Gasteiger charge is 2.43. The minimum atomic E-state index is -1.50. The molecule has 0 bridgehead atoms. The maximum atomic E-state index is 14.8. The van der Waals surface area contributed by atoms with Crippen LogP contribution in [0.5, 0.6) is 0 Å². The summed E-state index contributed by atoms with van der Waals surface area (Å²) in [6.45, 7) is 1.05. The number of benzene rings is 2. The zero-order valence-corrected chi connectivity index (χ0v) is 48.3. The number of carbonyl (C=O) groups excluding carboxylic acids is 12. The van der Waals surface area contributed by atoms with Crippen LogP contribution in [0.4, 0.5) is 9.59 Å². The van der Waals surface area contributed by atoms with Crippen molar-refractivity contribution in [3.63, 3.8) is 0 Å². The van der Waals surface area contributed by atoms with Crippen molar-refractivity contribution in [2.24, 2.45) is 0 Å². The molecule has 12 amide bonds. The average molecular weight is 1170 g/mol. The fourth-order valence-corrected chi connectivity index (χ4v) is 11.3. The van der Waals surface area contributed by atoms with Crippen LogP contribution < -0.4 is 31.9 Å². The highest BCUT2D eigenvalue weighted by molar-refractivity contribution is 5.97. The number of nitrogens with zero attached hydrogens (tertiary/aromatic N) is 6. The van der Waals surface area contributed by atoms with Gasteiger partial charge in [-0.3, -0.25) is 47.9 Å². The minimum Gasteiger partial charge on any atom is -0.445 e. The van der Waals surface area contributed by atoms with E-state index in [1.165, 1.54) is 47.5 Å². The Kier molecular flexibility index (Phi) is 22.8. The summed E-state index contributed by atoms with van der Waals surface area (Å²) in [6.07, 6.45) is 3.10. The zero-order valence-electron chi connectivity index (χ0n) is 48.3. The molecule has 26 nitrogen and oxygen atoms in total. The predicted octanol–water partition coefficient (Wildman–Crippen LogP) is 0.273. The first kappa shape index (κ1) is 63.3. The van der Waals surface area contributed by atoms with Crippen molar-refractivity contribution < 1.29 is 67.0 Å². The smallest absolute Gasteiger partial charge is 0.408 e. The SMILES string of the molecule is C[C@H]1NC(=O)[C@@H]2CCCCN2C(=O)CN(C)C(=O)CNC(=O)[C@@H]2CCCCN2C(=O)[C@H](NC(=O)OCc2ccccc2)[C@@H](C)NC(=O)[C@@H]2CCCCN2C(=O)CN(C)C(=O)CNC(=O)[C@@H]2CCCCN2C(=O)[C@@H]1NC(=O)OCc1ccccc1. The Morgan fingerprint density at radius 3 is 1.12 bits per heavy atom. The molecule has 0 unspecified atom stereocenters. The molecule has 5 heterocycles. The molecule has 0 radical (unpaired) electrons. The van der Waals surface area contributed by atoms with Gasteiger partial charge in [0.25, 0.3) is 0 Å². The first-order chi connectivity index (χ1) is 40.3. The summed E-state index contributed by atoms with van der Waals surface area (Å²) >= 11 is 0. The van der Waals surface area contributed by atoms with Gasteiger partial charge in [0.15, 0.2) is 0 Å². The van der Waals surface area contributed by atoms with Gasteiger partial charge in [0.05, 0.1) is 38.3 Å². The third kappa shape index (κ3) is 16.9. The lowest BCUT2D eigenvalue weighted by Gasteiger charge is -2.39. The third-order valence-corrected chi connectivity index (χ3v) is 16.1. The molecule has 0 saturated carbocycles. The molecule has 2 aromatic carbocycles. The Labute approximate surface area is 488 Å². The van der Waals surface area contributed by atoms with Gasteiger partial charge < -0.3 is 70.8 Å². The molecular weight excluding hydrogens is 1090 g/mol. The van der Waals surface area contributed by atoms with Gasteiger partial charge in [-0.05, 0) is 102 Å². The third-order valence-electron chi connectivity index (χ3n) is 16.1. The number of amides is 12. The molecular formula is C58H80N12O14. The normalized spacial score (nSPS) is 26.5. The molecule has 7 rings (SSSR count). The fraction of sp³-hybridized carbons (Fsp3) is 0.586. The Morgan fingerprint density at radius 1 is 0.452 bits per heavy atom. The molecule has 84 heavy (non-hydrogen) atoms. The summed E-state index contributed by atoms with van der Waals surface area (Å²) in [5.74, 6) is -6.58. The summed E-state index contributed by atoms with van der Waals surface area (Å²) in [6, 6.07) is 7.97. The Morgan fingerprint density at radius 2 is 0.774 bits per heavy atom. The van der Waals surface area contributed by atoms with E-state index in [0.29, 0.717) is 62.5 Å². The quantitative estimate of drug-likeness (QED) is 0.226. The monoisotopic (exact) mass is 1170 g/mol. The lowest BCUT2D eigenvalue weighted by molar-refractivity contribution is -0.148. The second kappa shape index (κ2) is 30.3. The lowest BCUT2D eigenvalue weighted by atomic mass is 9.97. The van der Waals surface area contributed by atoms with E-state index in [1.807, 2.05) is 0 Å². The van der Waals surface area contributed by atoms with E-state index in [9.17, 15) is 57.5 Å². The molecule has 2 aromatic rings. The summed E-state index contributed by atoms with van der Waals surface area (Å²) in [7, 11) is 2.73. The van der Waals surface area contributed by atoms with Crippen molar-refractivity contribution in [2.45, 2.75) is 152 Å². The largest absolute Gasteiger partial charge is 0.445 e. The van der Waals surface area contributed by atoms with Gasteiger partial charge in [-0.1, -0.05) is 60.7 Å². The van der Waals surface area contributed by atoms with Gasteiger partial charge in [-0.25, -0.2) is 9.59 Å². The van der Waals surface area contributed by atoms with Crippen LogP contribution >= 0.6 is 0 Å². The second-order valence-corrected chi connectivity index (χ2v) is 22.2. The molecule has 0 aliphatic carbocycles. The number of fused-ring (bicyclic) bond motifs is 4. The number of ether oxygens (including phenoxy) is 2. The van der Waals surface area contributed by atoms with Crippen molar-refractivity contribution in [3.8, 4) is 0 Å². The van der Waals surface area contributed by atoms with Crippen LogP contribution in [0.3, 0.4) is 0 Å². The number of hydrogen-bond donors (Lipinski definition) is 6. The molecule has 6 N–H and O–H groups in total. The molecule has 5 aliphatic heterocycles. The zero-order chi connectivity index (χ0) is 60.5. The highest BCUT2D eigenvalue weighted by atomic mass is 16.6. The number of piperidine rings is 4. The van der Waals surface area contributed by atoms with Gasteiger partial charge >= 0.3 is 12.2 Å². The van der Waals surface area contributed by atoms with Gasteiger partial charge in [0.1, 0.15) is 49.5 Å². The van der Waals surface area contributed by atoms with E-state index >= 15 is 0 Å². The fourth-order valence-electron chi connectivity index (χ4n) is 11.3. The number of likely N-dealkylation sites (N-methyl/N-ethyl adjacent to an activating group) is 2. The standard InChI is InChI=1S/C58H80N12O14/c1-37-49(63-57(81)83-35-39-19-7-5-8-20-39)55(79)69-29-17-13-23-41(69)51(75)59-31-45(71)66(4)34-48(74)68-28-16-12-26-44(68)54(78)62-38(2)50(64-58(82)84-36-40-21-9-6-10-22-40)56(80)70-30-18-14-24-42(70)52(76)60-32-46(72)65(3)33-47(73)67-27-15-11-25-43(67)53(77)61-37/h5-10,19-22,37-38,41-44,49-50H,11-18,23-36H2,1-4H3,(H,59,75)(H,60,76)(H,61,77)(H,62,78)(H,63,81)(H,64,82)/t37-,38-,41+,42+,43+,44+,49-,50-/m1/s1. The van der Waals surface area contributed by atoms with E-state index in [2.05, 4.69) is 31.9 Å². The van der Waals surface area contributed by atoms with Crippen LogP contribution in [0.2, 0.25) is 0 Å². The van der Waals surface area contributed by atoms with Crippen LogP contribution in [0, 0.1) is 0 Å². The van der Waals surface area contributed by atoms with E-state index in [4.69, 9.17) is 9.47 Å². The van der Waals surface area contributed by atoms with Crippen LogP contribution in [0.25, 0.3) is 0 Å². The van der Waals surface area contributed by atoms with Gasteiger partial charge in [-0.2, -0.15) is 0 Å². The number of rotatable bonds is 6. The molecule has 26 heteroatoms. The topological polar surface area (TPSA) is 315 Å². The summed E-state index contributed by atoms with van der Waals surface area (Å²) in [5.41, 5.74) is 1.32. The van der Waals surface area contributed by atoms with Crippen molar-refractivity contribution in [1.82, 2.24) is 61.3 Å². The number of carbonyl (C=O) groups is 12. The molecule has 8 atom stereocenters.